The smallest absolute Gasteiger partial charge is 0.120 e. The van der Waals surface area contributed by atoms with E-state index in [0.29, 0.717) is 12.3 Å². The molecule has 0 unspecified atom stereocenters. The lowest BCUT2D eigenvalue weighted by molar-refractivity contribution is 0.469. The van der Waals surface area contributed by atoms with Gasteiger partial charge in [0.1, 0.15) is 5.75 Å². The molecule has 0 atom stereocenters. The highest BCUT2D eigenvalue weighted by Crippen LogP contribution is 2.22. The fraction of sp³-hybridized carbons (Fsp3) is 0.143. The Bertz CT molecular complexity index is 525. The molecular formula is C14H14BrNO. The fourth-order valence-electron chi connectivity index (χ4n) is 1.68. The fourth-order valence-corrected chi connectivity index (χ4v) is 2.15. The van der Waals surface area contributed by atoms with Gasteiger partial charge < -0.3 is 10.4 Å². The third kappa shape index (κ3) is 3.01. The number of phenols is 1. The number of hydrogen-bond donors (Lipinski definition) is 2. The van der Waals surface area contributed by atoms with E-state index in [1.165, 1.54) is 5.56 Å². The average Bonchev–Trinajstić information content (AvgIpc) is 2.30. The van der Waals surface area contributed by atoms with Crippen molar-refractivity contribution in [2.24, 2.45) is 0 Å². The van der Waals surface area contributed by atoms with Crippen LogP contribution in [0.25, 0.3) is 0 Å². The Morgan fingerprint density at radius 3 is 2.65 bits per heavy atom. The largest absolute Gasteiger partial charge is 0.508 e. The second-order valence-corrected chi connectivity index (χ2v) is 4.86. The van der Waals surface area contributed by atoms with Crippen LogP contribution in [-0.4, -0.2) is 5.11 Å². The van der Waals surface area contributed by atoms with E-state index >= 15 is 0 Å². The minimum atomic E-state index is 0.328. The molecule has 0 aliphatic heterocycles. The van der Waals surface area contributed by atoms with Gasteiger partial charge in [0.05, 0.1) is 0 Å². The predicted molar refractivity (Wildman–Crippen MR) is 74.3 cm³/mol. The predicted octanol–water partition coefficient (Wildman–Crippen LogP) is 4.08. The summed E-state index contributed by atoms with van der Waals surface area (Å²) in [5, 5.41) is 13.0. The highest BCUT2D eigenvalue weighted by Gasteiger charge is 2.01. The molecule has 3 heteroatoms. The van der Waals surface area contributed by atoms with Crippen LogP contribution in [0, 0.1) is 6.92 Å². The van der Waals surface area contributed by atoms with Gasteiger partial charge in [-0.1, -0.05) is 34.1 Å². The van der Waals surface area contributed by atoms with Crippen LogP contribution in [0.3, 0.4) is 0 Å². The molecule has 0 heterocycles. The summed E-state index contributed by atoms with van der Waals surface area (Å²) < 4.78 is 1.07. The van der Waals surface area contributed by atoms with Crippen molar-refractivity contribution in [2.45, 2.75) is 13.5 Å². The molecule has 0 saturated carbocycles. The number of benzene rings is 2. The van der Waals surface area contributed by atoms with Gasteiger partial charge in [-0.2, -0.15) is 0 Å². The summed E-state index contributed by atoms with van der Waals surface area (Å²) in [7, 11) is 0. The molecule has 0 aliphatic carbocycles. The maximum absolute atomic E-state index is 9.65. The van der Waals surface area contributed by atoms with Gasteiger partial charge in [0.2, 0.25) is 0 Å². The van der Waals surface area contributed by atoms with Crippen molar-refractivity contribution in [2.75, 3.05) is 5.32 Å². The molecule has 0 saturated heterocycles. The number of nitrogens with one attached hydrogen (secondary N) is 1. The lowest BCUT2D eigenvalue weighted by atomic mass is 10.1. The Kier molecular flexibility index (Phi) is 3.69. The first kappa shape index (κ1) is 12.0. The number of halogens is 1. The molecule has 88 valence electrons. The molecule has 0 amide bonds. The van der Waals surface area contributed by atoms with E-state index in [-0.39, 0.29) is 0 Å². The van der Waals surface area contributed by atoms with Crippen molar-refractivity contribution in [3.63, 3.8) is 0 Å². The van der Waals surface area contributed by atoms with Gasteiger partial charge >= 0.3 is 0 Å². The van der Waals surface area contributed by atoms with E-state index in [1.807, 2.05) is 30.3 Å². The number of aromatic hydroxyl groups is 1. The molecule has 2 rings (SSSR count). The highest BCUT2D eigenvalue weighted by atomic mass is 79.9. The maximum atomic E-state index is 9.65. The summed E-state index contributed by atoms with van der Waals surface area (Å²) in [4.78, 5) is 0. The Morgan fingerprint density at radius 2 is 1.94 bits per heavy atom. The third-order valence-electron chi connectivity index (χ3n) is 2.65. The molecule has 0 radical (unpaired) electrons. The van der Waals surface area contributed by atoms with Gasteiger partial charge in [0, 0.05) is 22.3 Å². The Hall–Kier alpha value is -1.48. The van der Waals surface area contributed by atoms with Gasteiger partial charge in [-0.15, -0.1) is 0 Å². The lowest BCUT2D eigenvalue weighted by Gasteiger charge is -2.10. The van der Waals surface area contributed by atoms with Crippen LogP contribution in [0.4, 0.5) is 5.69 Å². The average molecular weight is 292 g/mol. The summed E-state index contributed by atoms with van der Waals surface area (Å²) in [5.74, 6) is 0.328. The standard InChI is InChI=1S/C14H14BrNO/c1-10-8-12(15)6-7-13(10)16-9-11-4-2-3-5-14(11)17/h2-8,16-17H,9H2,1H3. The van der Waals surface area contributed by atoms with Crippen molar-refractivity contribution in [3.8, 4) is 5.75 Å². The molecule has 2 aromatic rings. The SMILES string of the molecule is Cc1cc(Br)ccc1NCc1ccccc1O. The van der Waals surface area contributed by atoms with Gasteiger partial charge in [-0.05, 0) is 36.8 Å². The molecule has 2 aromatic carbocycles. The van der Waals surface area contributed by atoms with Crippen molar-refractivity contribution < 1.29 is 5.11 Å². The van der Waals surface area contributed by atoms with Crippen molar-refractivity contribution >= 4 is 21.6 Å². The van der Waals surface area contributed by atoms with Gasteiger partial charge in [-0.3, -0.25) is 0 Å². The summed E-state index contributed by atoms with van der Waals surface area (Å²) in [5.41, 5.74) is 3.15. The Labute approximate surface area is 109 Å². The summed E-state index contributed by atoms with van der Waals surface area (Å²) in [6.45, 7) is 2.67. The molecule has 0 aliphatic rings. The maximum Gasteiger partial charge on any atom is 0.120 e. The van der Waals surface area contributed by atoms with Crippen molar-refractivity contribution in [1.82, 2.24) is 0 Å². The monoisotopic (exact) mass is 291 g/mol. The molecule has 2 nitrogen and oxygen atoms in total. The first-order valence-corrected chi connectivity index (χ1v) is 6.23. The van der Waals surface area contributed by atoms with Crippen LogP contribution >= 0.6 is 15.9 Å². The van der Waals surface area contributed by atoms with E-state index in [4.69, 9.17) is 0 Å². The van der Waals surface area contributed by atoms with E-state index < -0.39 is 0 Å². The molecule has 0 aromatic heterocycles. The van der Waals surface area contributed by atoms with E-state index in [0.717, 1.165) is 15.7 Å². The minimum absolute atomic E-state index is 0.328. The summed E-state index contributed by atoms with van der Waals surface area (Å²) >= 11 is 3.44. The molecule has 0 spiro atoms. The van der Waals surface area contributed by atoms with E-state index in [1.54, 1.807) is 6.07 Å². The third-order valence-corrected chi connectivity index (χ3v) is 3.14. The van der Waals surface area contributed by atoms with Crippen LogP contribution < -0.4 is 5.32 Å². The van der Waals surface area contributed by atoms with Gasteiger partial charge in [-0.25, -0.2) is 0 Å². The normalized spacial score (nSPS) is 10.2. The Morgan fingerprint density at radius 1 is 1.18 bits per heavy atom. The number of aryl methyl sites for hydroxylation is 1. The number of rotatable bonds is 3. The van der Waals surface area contributed by atoms with Crippen molar-refractivity contribution in [3.05, 3.63) is 58.1 Å². The molecular weight excluding hydrogens is 278 g/mol. The number of hydrogen-bond acceptors (Lipinski definition) is 2. The molecule has 0 bridgehead atoms. The minimum Gasteiger partial charge on any atom is -0.508 e. The van der Waals surface area contributed by atoms with Crippen LogP contribution in [-0.2, 0) is 6.54 Å². The zero-order valence-corrected chi connectivity index (χ0v) is 11.2. The first-order valence-electron chi connectivity index (χ1n) is 5.44. The first-order chi connectivity index (χ1) is 8.16. The quantitative estimate of drug-likeness (QED) is 0.893. The van der Waals surface area contributed by atoms with E-state index in [2.05, 4.69) is 34.2 Å². The Balaban J connectivity index is 2.10. The number of phenolic OH excluding ortho intramolecular Hbond substituents is 1. The van der Waals surface area contributed by atoms with Crippen LogP contribution in [0.1, 0.15) is 11.1 Å². The van der Waals surface area contributed by atoms with Gasteiger partial charge in [0.15, 0.2) is 0 Å². The zero-order chi connectivity index (χ0) is 12.3. The second kappa shape index (κ2) is 5.23. The lowest BCUT2D eigenvalue weighted by Crippen LogP contribution is -2.01. The molecule has 2 N–H and O–H groups in total. The van der Waals surface area contributed by atoms with Crippen LogP contribution in [0.5, 0.6) is 5.75 Å². The second-order valence-electron chi connectivity index (χ2n) is 3.94. The van der Waals surface area contributed by atoms with Gasteiger partial charge in [0.25, 0.3) is 0 Å². The number of anilines is 1. The highest BCUT2D eigenvalue weighted by molar-refractivity contribution is 9.10. The summed E-state index contributed by atoms with van der Waals surface area (Å²) in [6.07, 6.45) is 0. The number of para-hydroxylation sites is 1. The van der Waals surface area contributed by atoms with Crippen molar-refractivity contribution in [1.29, 1.82) is 0 Å². The summed E-state index contributed by atoms with van der Waals surface area (Å²) in [6, 6.07) is 13.4. The molecule has 0 fully saturated rings. The van der Waals surface area contributed by atoms with Crippen LogP contribution in [0.2, 0.25) is 0 Å². The zero-order valence-electron chi connectivity index (χ0n) is 9.57. The van der Waals surface area contributed by atoms with Crippen LogP contribution in [0.15, 0.2) is 46.9 Å². The topological polar surface area (TPSA) is 32.3 Å². The molecule has 17 heavy (non-hydrogen) atoms. The van der Waals surface area contributed by atoms with E-state index in [9.17, 15) is 5.11 Å².